The van der Waals surface area contributed by atoms with Crippen LogP contribution < -0.4 is 5.11 Å². The maximum Gasteiger partial charge on any atom is 0.153 e. The molecule has 0 unspecified atom stereocenters. The molecule has 0 aliphatic heterocycles. The molecule has 1 aromatic rings. The summed E-state index contributed by atoms with van der Waals surface area (Å²) in [5.41, 5.74) is 0.442. The Bertz CT molecular complexity index is 369. The zero-order valence-electron chi connectivity index (χ0n) is 9.60. The molecule has 16 heavy (non-hydrogen) atoms. The Morgan fingerprint density at radius 3 is 2.62 bits per heavy atom. The van der Waals surface area contributed by atoms with Crippen LogP contribution in [0, 0.1) is 0 Å². The maximum atomic E-state index is 11.3. The third-order valence-corrected chi connectivity index (χ3v) is 1.96. The lowest BCUT2D eigenvalue weighted by Gasteiger charge is -2.29. The SMILES string of the molecule is CC(C)(C)OC([O-])=Nc1ccc(CS)cn1. The van der Waals surface area contributed by atoms with Gasteiger partial charge in [-0.2, -0.15) is 12.6 Å². The van der Waals surface area contributed by atoms with Crippen LogP contribution in [0.15, 0.2) is 23.3 Å². The molecule has 0 aliphatic rings. The number of hydrogen-bond donors (Lipinski definition) is 1. The number of hydrogen-bond acceptors (Lipinski definition) is 5. The summed E-state index contributed by atoms with van der Waals surface area (Å²) in [5, 5.41) is 11.3. The van der Waals surface area contributed by atoms with Gasteiger partial charge in [-0.15, -0.1) is 0 Å². The second-order valence-corrected chi connectivity index (χ2v) is 4.59. The van der Waals surface area contributed by atoms with Crippen LogP contribution in [0.2, 0.25) is 0 Å². The summed E-state index contributed by atoms with van der Waals surface area (Å²) in [7, 11) is 0. The van der Waals surface area contributed by atoms with Crippen molar-refractivity contribution in [3.63, 3.8) is 0 Å². The molecule has 0 amide bonds. The lowest BCUT2D eigenvalue weighted by Crippen LogP contribution is -2.31. The van der Waals surface area contributed by atoms with Crippen molar-refractivity contribution in [2.24, 2.45) is 4.99 Å². The highest BCUT2D eigenvalue weighted by atomic mass is 32.1. The number of aliphatic imine (C=N–C) groups is 1. The molecule has 0 aromatic carbocycles. The van der Waals surface area contributed by atoms with Crippen molar-refractivity contribution in [2.45, 2.75) is 32.1 Å². The van der Waals surface area contributed by atoms with Crippen LogP contribution >= 0.6 is 12.6 Å². The van der Waals surface area contributed by atoms with Crippen LogP contribution in [-0.2, 0) is 10.5 Å². The Labute approximate surface area is 101 Å². The maximum absolute atomic E-state index is 11.3. The standard InChI is InChI=1S/C11H16N2O2S/c1-11(2,3)15-10(14)13-9-5-4-8(7-16)6-12-9/h4-6,16H,7H2,1-3H3,(H,12,13,14)/p-1. The summed E-state index contributed by atoms with van der Waals surface area (Å²) in [5.74, 6) is 0.958. The van der Waals surface area contributed by atoms with Gasteiger partial charge in [0.1, 0.15) is 0 Å². The van der Waals surface area contributed by atoms with Gasteiger partial charge in [-0.1, -0.05) is 26.8 Å². The van der Waals surface area contributed by atoms with Gasteiger partial charge in [0.25, 0.3) is 0 Å². The fraction of sp³-hybridized carbons (Fsp3) is 0.455. The van der Waals surface area contributed by atoms with E-state index in [4.69, 9.17) is 4.74 Å². The molecule has 4 nitrogen and oxygen atoms in total. The van der Waals surface area contributed by atoms with E-state index in [0.717, 1.165) is 5.56 Å². The van der Waals surface area contributed by atoms with E-state index >= 15 is 0 Å². The first-order valence-corrected chi connectivity index (χ1v) is 5.54. The van der Waals surface area contributed by atoms with Crippen LogP contribution in [-0.4, -0.2) is 16.7 Å². The smallest absolute Gasteiger partial charge is 0.153 e. The van der Waals surface area contributed by atoms with Gasteiger partial charge in [-0.3, -0.25) is 0 Å². The second kappa shape index (κ2) is 5.21. The Hall–Kier alpha value is -1.23. The van der Waals surface area contributed by atoms with Crippen LogP contribution in [0.3, 0.4) is 0 Å². The van der Waals surface area contributed by atoms with Crippen molar-refractivity contribution in [3.8, 4) is 0 Å². The van der Waals surface area contributed by atoms with Crippen LogP contribution in [0.1, 0.15) is 26.3 Å². The van der Waals surface area contributed by atoms with E-state index < -0.39 is 11.7 Å². The fourth-order valence-corrected chi connectivity index (χ4v) is 1.14. The molecule has 88 valence electrons. The highest BCUT2D eigenvalue weighted by Gasteiger charge is 2.04. The van der Waals surface area contributed by atoms with Crippen molar-refractivity contribution in [1.82, 2.24) is 4.98 Å². The van der Waals surface area contributed by atoms with Crippen molar-refractivity contribution in [2.75, 3.05) is 0 Å². The molecular weight excluding hydrogens is 224 g/mol. The molecule has 0 saturated carbocycles. The molecule has 0 fully saturated rings. The molecule has 0 saturated heterocycles. The first-order chi connectivity index (χ1) is 7.40. The average molecular weight is 239 g/mol. The van der Waals surface area contributed by atoms with Gasteiger partial charge >= 0.3 is 0 Å². The average Bonchev–Trinajstić information content (AvgIpc) is 2.16. The molecular formula is C11H15N2O2S-. The molecule has 0 spiro atoms. The third-order valence-electron chi connectivity index (χ3n) is 1.59. The van der Waals surface area contributed by atoms with E-state index in [-0.39, 0.29) is 0 Å². The van der Waals surface area contributed by atoms with Crippen molar-refractivity contribution >= 4 is 24.5 Å². The lowest BCUT2D eigenvalue weighted by molar-refractivity contribution is -0.259. The molecule has 1 rings (SSSR count). The largest absolute Gasteiger partial charge is 0.594 e. The Kier molecular flexibility index (Phi) is 4.18. The van der Waals surface area contributed by atoms with E-state index in [1.165, 1.54) is 0 Å². The summed E-state index contributed by atoms with van der Waals surface area (Å²) in [6.45, 7) is 5.37. The molecule has 0 atom stereocenters. The number of pyridine rings is 1. The van der Waals surface area contributed by atoms with E-state index in [1.807, 2.05) is 6.07 Å². The number of ether oxygens (including phenoxy) is 1. The monoisotopic (exact) mass is 239 g/mol. The van der Waals surface area contributed by atoms with Gasteiger partial charge in [0.05, 0.1) is 0 Å². The highest BCUT2D eigenvalue weighted by molar-refractivity contribution is 7.79. The fourth-order valence-electron chi connectivity index (χ4n) is 0.955. The van der Waals surface area contributed by atoms with Gasteiger partial charge in [-0.05, 0) is 11.6 Å². The van der Waals surface area contributed by atoms with Crippen LogP contribution in [0.5, 0.6) is 0 Å². The van der Waals surface area contributed by atoms with Gasteiger partial charge < -0.3 is 9.84 Å². The minimum Gasteiger partial charge on any atom is -0.594 e. The normalized spacial score (nSPS) is 12.6. The van der Waals surface area contributed by atoms with Crippen LogP contribution in [0.4, 0.5) is 5.82 Å². The molecule has 1 aromatic heterocycles. The van der Waals surface area contributed by atoms with Crippen LogP contribution in [0.25, 0.3) is 0 Å². The minimum atomic E-state index is -0.626. The second-order valence-electron chi connectivity index (χ2n) is 4.27. The van der Waals surface area contributed by atoms with E-state index in [9.17, 15) is 5.11 Å². The predicted molar refractivity (Wildman–Crippen MR) is 64.9 cm³/mol. The predicted octanol–water partition coefficient (Wildman–Crippen LogP) is 1.67. The van der Waals surface area contributed by atoms with E-state index in [2.05, 4.69) is 22.6 Å². The van der Waals surface area contributed by atoms with Gasteiger partial charge in [0.15, 0.2) is 11.9 Å². The molecule has 5 heteroatoms. The van der Waals surface area contributed by atoms with E-state index in [0.29, 0.717) is 11.6 Å². The Morgan fingerprint density at radius 1 is 1.50 bits per heavy atom. The number of aromatic nitrogens is 1. The summed E-state index contributed by atoms with van der Waals surface area (Å²) in [6, 6.07) is 3.48. The number of thiol groups is 1. The number of nitrogens with zero attached hydrogens (tertiary/aromatic N) is 2. The third kappa shape index (κ3) is 4.53. The number of rotatable bonds is 2. The quantitative estimate of drug-likeness (QED) is 0.485. The van der Waals surface area contributed by atoms with Gasteiger partial charge in [0.2, 0.25) is 0 Å². The summed E-state index contributed by atoms with van der Waals surface area (Å²) in [6.07, 6.45) is 1.01. The summed E-state index contributed by atoms with van der Waals surface area (Å²) in [4.78, 5) is 7.73. The lowest BCUT2D eigenvalue weighted by atomic mass is 10.2. The first kappa shape index (κ1) is 12.8. The van der Waals surface area contributed by atoms with Crippen molar-refractivity contribution in [3.05, 3.63) is 23.9 Å². The van der Waals surface area contributed by atoms with Gasteiger partial charge in [0, 0.05) is 17.6 Å². The van der Waals surface area contributed by atoms with E-state index in [1.54, 1.807) is 33.0 Å². The topological polar surface area (TPSA) is 57.5 Å². The highest BCUT2D eigenvalue weighted by Crippen LogP contribution is 2.12. The molecule has 0 N–H and O–H groups in total. The van der Waals surface area contributed by atoms with Crippen molar-refractivity contribution < 1.29 is 9.84 Å². The Morgan fingerprint density at radius 2 is 2.19 bits per heavy atom. The first-order valence-electron chi connectivity index (χ1n) is 4.91. The van der Waals surface area contributed by atoms with Gasteiger partial charge in [-0.25, -0.2) is 9.98 Å². The zero-order chi connectivity index (χ0) is 12.2. The zero-order valence-corrected chi connectivity index (χ0v) is 10.5. The minimum absolute atomic E-state index is 0.347. The molecule has 0 radical (unpaired) electrons. The summed E-state index contributed by atoms with van der Waals surface area (Å²) >= 11 is 4.11. The molecule has 0 bridgehead atoms. The van der Waals surface area contributed by atoms with Crippen molar-refractivity contribution in [1.29, 1.82) is 0 Å². The Balaban J connectivity index is 2.74. The summed E-state index contributed by atoms with van der Waals surface area (Å²) < 4.78 is 5.04. The molecule has 1 heterocycles. The molecule has 0 aliphatic carbocycles.